The maximum Gasteiger partial charge on any atom is 0.275 e. The summed E-state index contributed by atoms with van der Waals surface area (Å²) in [5.74, 6) is -0.0689. The van der Waals surface area contributed by atoms with Crippen LogP contribution in [0.4, 0.5) is 5.69 Å². The quantitative estimate of drug-likeness (QED) is 0.476. The van der Waals surface area contributed by atoms with Gasteiger partial charge in [-0.15, -0.1) is 0 Å². The summed E-state index contributed by atoms with van der Waals surface area (Å²) in [6, 6.07) is 14.1. The topological polar surface area (TPSA) is 72.7 Å². The normalized spacial score (nSPS) is 26.9. The highest BCUT2D eigenvalue weighted by Crippen LogP contribution is 2.61. The van der Waals surface area contributed by atoms with E-state index in [2.05, 4.69) is 13.8 Å². The summed E-state index contributed by atoms with van der Waals surface area (Å²) in [4.78, 5) is 23.9. The first-order valence-electron chi connectivity index (χ1n) is 7.92. The lowest BCUT2D eigenvalue weighted by Crippen LogP contribution is -2.40. The van der Waals surface area contributed by atoms with Crippen LogP contribution >= 0.6 is 0 Å². The number of carbonyl (C=O) groups excluding carboxylic acids is 1. The molecule has 0 bridgehead atoms. The van der Waals surface area contributed by atoms with Crippen LogP contribution in [0.25, 0.3) is 0 Å². The lowest BCUT2D eigenvalue weighted by molar-refractivity contribution is -0.385. The van der Waals surface area contributed by atoms with Gasteiger partial charge in [0.05, 0.1) is 10.5 Å². The summed E-state index contributed by atoms with van der Waals surface area (Å²) in [5, 5.41) is 11.3. The van der Waals surface area contributed by atoms with E-state index >= 15 is 0 Å². The van der Waals surface area contributed by atoms with Crippen LogP contribution in [0.15, 0.2) is 48.5 Å². The van der Waals surface area contributed by atoms with E-state index in [1.54, 1.807) is 18.2 Å². The first-order valence-corrected chi connectivity index (χ1v) is 7.92. The van der Waals surface area contributed by atoms with Crippen LogP contribution in [0.3, 0.4) is 0 Å². The fourth-order valence-electron chi connectivity index (χ4n) is 4.00. The van der Waals surface area contributed by atoms with Gasteiger partial charge in [0.2, 0.25) is 0 Å². The Balaban J connectivity index is 1.80. The van der Waals surface area contributed by atoms with Gasteiger partial charge < -0.3 is 4.74 Å². The van der Waals surface area contributed by atoms with Crippen LogP contribution in [0, 0.1) is 10.1 Å². The first kappa shape index (κ1) is 15.0. The van der Waals surface area contributed by atoms with Gasteiger partial charge in [0.15, 0.2) is 11.4 Å². The lowest BCUT2D eigenvalue weighted by Gasteiger charge is -2.35. The third-order valence-corrected chi connectivity index (χ3v) is 5.10. The van der Waals surface area contributed by atoms with Gasteiger partial charge in [-0.2, -0.15) is 0 Å². The molecule has 24 heavy (non-hydrogen) atoms. The molecular weight excluding hydrogens is 306 g/mol. The van der Waals surface area contributed by atoms with Gasteiger partial charge in [-0.25, -0.2) is 0 Å². The Bertz CT molecular complexity index is 873. The monoisotopic (exact) mass is 323 g/mol. The molecule has 0 unspecified atom stereocenters. The molecule has 1 aliphatic heterocycles. The number of nitro benzene ring substituents is 1. The maximum atomic E-state index is 13.1. The number of ketones is 1. The van der Waals surface area contributed by atoms with E-state index in [1.165, 1.54) is 6.07 Å². The molecule has 1 saturated heterocycles. The smallest absolute Gasteiger partial charge is 0.275 e. The minimum atomic E-state index is -0.982. The van der Waals surface area contributed by atoms with Gasteiger partial charge in [0, 0.05) is 11.6 Å². The highest BCUT2D eigenvalue weighted by atomic mass is 16.6. The molecule has 1 heterocycles. The number of Topliss-reactive ketones (excluding diaryl/α,β-unsaturated/α-hetero) is 1. The van der Waals surface area contributed by atoms with E-state index in [-0.39, 0.29) is 16.9 Å². The van der Waals surface area contributed by atoms with Crippen LogP contribution in [-0.2, 0) is 10.2 Å². The molecule has 0 saturated carbocycles. The van der Waals surface area contributed by atoms with E-state index in [0.717, 1.165) is 5.56 Å². The Hall–Kier alpha value is -2.53. The molecule has 2 atom stereocenters. The minimum Gasteiger partial charge on any atom is -0.352 e. The molecule has 5 nitrogen and oxygen atoms in total. The molecule has 122 valence electrons. The van der Waals surface area contributed by atoms with Gasteiger partial charge in [-0.1, -0.05) is 50.2 Å². The van der Waals surface area contributed by atoms with Gasteiger partial charge >= 0.3 is 0 Å². The van der Waals surface area contributed by atoms with E-state index < -0.39 is 16.6 Å². The zero-order chi connectivity index (χ0) is 17.1. The Morgan fingerprint density at radius 3 is 2.54 bits per heavy atom. The molecule has 2 aliphatic rings. The molecule has 1 fully saturated rings. The van der Waals surface area contributed by atoms with Crippen LogP contribution in [-0.4, -0.2) is 16.3 Å². The van der Waals surface area contributed by atoms with Crippen LogP contribution in [0.5, 0.6) is 0 Å². The summed E-state index contributed by atoms with van der Waals surface area (Å²) in [6.07, 6.45) is -0.0359. The van der Waals surface area contributed by atoms with Crippen LogP contribution < -0.4 is 0 Å². The predicted octanol–water partition coefficient (Wildman–Crippen LogP) is 3.97. The van der Waals surface area contributed by atoms with E-state index in [1.807, 2.05) is 24.3 Å². The van der Waals surface area contributed by atoms with Crippen LogP contribution in [0.1, 0.15) is 47.9 Å². The largest absolute Gasteiger partial charge is 0.352 e. The number of fused-ring (bicyclic) bond motifs is 1. The molecule has 0 amide bonds. The fraction of sp³-hybridized carbons (Fsp3) is 0.316. The minimum absolute atomic E-state index is 0.00356. The number of ether oxygens (including phenoxy) is 1. The van der Waals surface area contributed by atoms with Crippen LogP contribution in [0.2, 0.25) is 0 Å². The average molecular weight is 323 g/mol. The van der Waals surface area contributed by atoms with Gasteiger partial charge in [-0.3, -0.25) is 14.9 Å². The molecule has 0 radical (unpaired) electrons. The number of epoxide rings is 1. The number of para-hydroxylation sites is 1. The molecule has 0 aromatic heterocycles. The summed E-state index contributed by atoms with van der Waals surface area (Å²) < 4.78 is 5.87. The van der Waals surface area contributed by atoms with Crippen molar-refractivity contribution in [2.75, 3.05) is 0 Å². The van der Waals surface area contributed by atoms with Crippen molar-refractivity contribution >= 4 is 11.5 Å². The Morgan fingerprint density at radius 2 is 1.79 bits per heavy atom. The van der Waals surface area contributed by atoms with Crippen molar-refractivity contribution in [1.82, 2.24) is 0 Å². The number of hydrogen-bond acceptors (Lipinski definition) is 4. The van der Waals surface area contributed by atoms with Gasteiger partial charge in [0.25, 0.3) is 5.69 Å². The molecule has 1 aliphatic carbocycles. The van der Waals surface area contributed by atoms with E-state index in [4.69, 9.17) is 4.74 Å². The Kier molecular flexibility index (Phi) is 2.97. The number of nitrogens with zero attached hydrogens (tertiary/aromatic N) is 1. The first-order chi connectivity index (χ1) is 11.4. The van der Waals surface area contributed by atoms with Crippen molar-refractivity contribution in [2.45, 2.75) is 37.4 Å². The highest BCUT2D eigenvalue weighted by molar-refractivity contribution is 6.07. The highest BCUT2D eigenvalue weighted by Gasteiger charge is 2.68. The average Bonchev–Trinajstić information content (AvgIpc) is 3.27. The summed E-state index contributed by atoms with van der Waals surface area (Å²) in [7, 11) is 0. The molecule has 1 spiro atoms. The van der Waals surface area contributed by atoms with E-state index in [9.17, 15) is 14.9 Å². The number of nitro groups is 1. The summed E-state index contributed by atoms with van der Waals surface area (Å²) in [6.45, 7) is 4.16. The fourth-order valence-corrected chi connectivity index (χ4v) is 4.00. The lowest BCUT2D eigenvalue weighted by atomic mass is 9.66. The second-order valence-electron chi connectivity index (χ2n) is 7.14. The molecule has 0 N–H and O–H groups in total. The number of rotatable bonds is 2. The third-order valence-electron chi connectivity index (χ3n) is 5.10. The molecule has 5 heteroatoms. The molecule has 4 rings (SSSR count). The van der Waals surface area contributed by atoms with Crippen molar-refractivity contribution in [3.63, 3.8) is 0 Å². The van der Waals surface area contributed by atoms with Crippen molar-refractivity contribution in [3.8, 4) is 0 Å². The molecule has 2 aromatic carbocycles. The van der Waals surface area contributed by atoms with Gasteiger partial charge in [0.1, 0.15) is 6.10 Å². The van der Waals surface area contributed by atoms with Crippen molar-refractivity contribution in [2.24, 2.45) is 0 Å². The predicted molar refractivity (Wildman–Crippen MR) is 88.1 cm³/mol. The zero-order valence-electron chi connectivity index (χ0n) is 13.5. The molecular formula is C19H17NO4. The zero-order valence-corrected chi connectivity index (χ0v) is 13.5. The Labute approximate surface area is 139 Å². The Morgan fingerprint density at radius 1 is 1.12 bits per heavy atom. The van der Waals surface area contributed by atoms with E-state index in [0.29, 0.717) is 17.5 Å². The number of carbonyl (C=O) groups is 1. The number of benzene rings is 2. The second-order valence-corrected chi connectivity index (χ2v) is 7.14. The van der Waals surface area contributed by atoms with Crippen molar-refractivity contribution < 1.29 is 14.5 Å². The standard InChI is InChI=1S/C19H17NO4/c1-18(2)11-19(16(21)12-7-3-5-9-14(12)18)17(24-19)13-8-4-6-10-15(13)20(22)23/h3-10,17H,11H2,1-2H3/t17-,19-/m0/s1. The second kappa shape index (κ2) is 4.74. The SMILES string of the molecule is CC1(C)C[C@]2(O[C@H]2c2ccccc2[N+](=O)[O-])C(=O)c2ccccc21. The summed E-state index contributed by atoms with van der Waals surface area (Å²) in [5.41, 5.74) is 0.939. The van der Waals surface area contributed by atoms with Gasteiger partial charge in [-0.05, 0) is 23.5 Å². The van der Waals surface area contributed by atoms with Crippen molar-refractivity contribution in [3.05, 3.63) is 75.3 Å². The third kappa shape index (κ3) is 1.94. The van der Waals surface area contributed by atoms with Crippen molar-refractivity contribution in [1.29, 1.82) is 0 Å². The number of hydrogen-bond donors (Lipinski definition) is 0. The summed E-state index contributed by atoms with van der Waals surface area (Å²) >= 11 is 0. The molecule has 2 aromatic rings. The maximum absolute atomic E-state index is 13.1.